The number of hydrogen-bond acceptors (Lipinski definition) is 3. The molecule has 1 aliphatic rings. The highest BCUT2D eigenvalue weighted by Gasteiger charge is 2.28. The Hall–Kier alpha value is -1.68. The molecule has 0 saturated heterocycles. The summed E-state index contributed by atoms with van der Waals surface area (Å²) >= 11 is 1.63. The number of benzene rings is 1. The topological polar surface area (TPSA) is 33.2 Å². The van der Waals surface area contributed by atoms with Gasteiger partial charge in [-0.1, -0.05) is 44.0 Å². The van der Waals surface area contributed by atoms with Gasteiger partial charge in [0.15, 0.2) is 0 Å². The Labute approximate surface area is 155 Å². The van der Waals surface area contributed by atoms with E-state index in [2.05, 4.69) is 49.9 Å². The second kappa shape index (κ2) is 8.13. The number of rotatable bonds is 6. The summed E-state index contributed by atoms with van der Waals surface area (Å²) in [6.45, 7) is 6.41. The third kappa shape index (κ3) is 4.30. The van der Waals surface area contributed by atoms with Crippen LogP contribution < -0.4 is 0 Å². The summed E-state index contributed by atoms with van der Waals surface area (Å²) in [5.74, 6) is 0.222. The highest BCUT2D eigenvalue weighted by molar-refractivity contribution is 7.13. The molecule has 1 aromatic heterocycles. The van der Waals surface area contributed by atoms with Crippen LogP contribution in [0, 0.1) is 0 Å². The third-order valence-corrected chi connectivity index (χ3v) is 6.00. The SMILES string of the molecule is CCc1ccc(-c2nc(CC(=O)N(C(C)C)C3CCCC3)cs2)cc1. The number of aryl methyl sites for hydroxylation is 1. The summed E-state index contributed by atoms with van der Waals surface area (Å²) in [6, 6.07) is 9.25. The van der Waals surface area contributed by atoms with Crippen LogP contribution in [-0.4, -0.2) is 27.9 Å². The highest BCUT2D eigenvalue weighted by Crippen LogP contribution is 2.27. The maximum Gasteiger partial charge on any atom is 0.229 e. The Morgan fingerprint density at radius 3 is 2.52 bits per heavy atom. The second-order valence-corrected chi connectivity index (χ2v) is 8.06. The second-order valence-electron chi connectivity index (χ2n) is 7.20. The Kier molecular flexibility index (Phi) is 5.89. The molecule has 1 amide bonds. The molecule has 0 aliphatic heterocycles. The smallest absolute Gasteiger partial charge is 0.229 e. The van der Waals surface area contributed by atoms with E-state index >= 15 is 0 Å². The molecule has 1 heterocycles. The highest BCUT2D eigenvalue weighted by atomic mass is 32.1. The largest absolute Gasteiger partial charge is 0.337 e. The van der Waals surface area contributed by atoms with E-state index in [9.17, 15) is 4.79 Å². The molecule has 0 N–H and O–H groups in total. The van der Waals surface area contributed by atoms with E-state index in [0.717, 1.165) is 35.5 Å². The molecule has 1 aromatic carbocycles. The maximum atomic E-state index is 12.9. The molecule has 1 saturated carbocycles. The minimum atomic E-state index is 0.222. The minimum absolute atomic E-state index is 0.222. The minimum Gasteiger partial charge on any atom is -0.337 e. The van der Waals surface area contributed by atoms with Crippen molar-refractivity contribution in [3.05, 3.63) is 40.9 Å². The Bertz CT molecular complexity index is 699. The summed E-state index contributed by atoms with van der Waals surface area (Å²) in [7, 11) is 0. The molecule has 0 radical (unpaired) electrons. The predicted octanol–water partition coefficient (Wildman–Crippen LogP) is 5.09. The van der Waals surface area contributed by atoms with Crippen LogP contribution in [0.15, 0.2) is 29.6 Å². The molecule has 4 heteroatoms. The fraction of sp³-hybridized carbons (Fsp3) is 0.524. The van der Waals surface area contributed by atoms with E-state index in [4.69, 9.17) is 4.98 Å². The average Bonchev–Trinajstić information content (AvgIpc) is 3.27. The Morgan fingerprint density at radius 2 is 1.92 bits per heavy atom. The van der Waals surface area contributed by atoms with Gasteiger partial charge in [-0.05, 0) is 38.7 Å². The van der Waals surface area contributed by atoms with Gasteiger partial charge in [0.2, 0.25) is 5.91 Å². The van der Waals surface area contributed by atoms with Crippen LogP contribution in [0.1, 0.15) is 57.7 Å². The molecular weight excluding hydrogens is 328 g/mol. The Morgan fingerprint density at radius 1 is 1.24 bits per heavy atom. The van der Waals surface area contributed by atoms with E-state index in [1.54, 1.807) is 11.3 Å². The first-order valence-corrected chi connectivity index (χ1v) is 10.3. The molecule has 0 atom stereocenters. The van der Waals surface area contributed by atoms with Crippen LogP contribution in [0.2, 0.25) is 0 Å². The fourth-order valence-electron chi connectivity index (χ4n) is 3.75. The van der Waals surface area contributed by atoms with Crippen molar-refractivity contribution < 1.29 is 4.79 Å². The summed E-state index contributed by atoms with van der Waals surface area (Å²) in [5, 5.41) is 3.04. The van der Waals surface area contributed by atoms with Gasteiger partial charge in [-0.2, -0.15) is 0 Å². The van der Waals surface area contributed by atoms with Crippen LogP contribution in [0.25, 0.3) is 10.6 Å². The van der Waals surface area contributed by atoms with Crippen LogP contribution in [0.5, 0.6) is 0 Å². The molecule has 3 rings (SSSR count). The molecule has 0 spiro atoms. The van der Waals surface area contributed by atoms with E-state index in [1.165, 1.54) is 18.4 Å². The lowest BCUT2D eigenvalue weighted by atomic mass is 10.1. The van der Waals surface area contributed by atoms with E-state index < -0.39 is 0 Å². The zero-order valence-corrected chi connectivity index (χ0v) is 16.3. The van der Waals surface area contributed by atoms with E-state index in [-0.39, 0.29) is 11.9 Å². The van der Waals surface area contributed by atoms with Crippen molar-refractivity contribution in [3.63, 3.8) is 0 Å². The van der Waals surface area contributed by atoms with Gasteiger partial charge in [0, 0.05) is 23.0 Å². The number of hydrogen-bond donors (Lipinski definition) is 0. The average molecular weight is 357 g/mol. The standard InChI is InChI=1S/C21H28N2OS/c1-4-16-9-11-17(12-10-16)21-22-18(14-25-21)13-20(24)23(15(2)3)19-7-5-6-8-19/h9-12,14-15,19H,4-8,13H2,1-3H3. The molecular formula is C21H28N2OS. The van der Waals surface area contributed by atoms with Crippen LogP contribution >= 0.6 is 11.3 Å². The molecule has 2 aromatic rings. The predicted molar refractivity (Wildman–Crippen MR) is 105 cm³/mol. The van der Waals surface area contributed by atoms with E-state index in [1.807, 2.05) is 5.38 Å². The normalized spacial score (nSPS) is 15.0. The van der Waals surface area contributed by atoms with Crippen molar-refractivity contribution in [1.82, 2.24) is 9.88 Å². The van der Waals surface area contributed by atoms with Crippen molar-refractivity contribution in [3.8, 4) is 10.6 Å². The quantitative estimate of drug-likeness (QED) is 0.722. The summed E-state index contributed by atoms with van der Waals surface area (Å²) in [4.78, 5) is 19.7. The van der Waals surface area contributed by atoms with Gasteiger partial charge in [-0.3, -0.25) is 4.79 Å². The van der Waals surface area contributed by atoms with Gasteiger partial charge in [0.1, 0.15) is 5.01 Å². The Balaban J connectivity index is 1.70. The van der Waals surface area contributed by atoms with Crippen LogP contribution in [0.3, 0.4) is 0 Å². The van der Waals surface area contributed by atoms with Crippen LogP contribution in [-0.2, 0) is 17.6 Å². The van der Waals surface area contributed by atoms with Crippen LogP contribution in [0.4, 0.5) is 0 Å². The van der Waals surface area contributed by atoms with Gasteiger partial charge in [0.05, 0.1) is 12.1 Å². The van der Waals surface area contributed by atoms with Crippen molar-refractivity contribution >= 4 is 17.2 Å². The van der Waals surface area contributed by atoms with Gasteiger partial charge in [-0.15, -0.1) is 11.3 Å². The summed E-state index contributed by atoms with van der Waals surface area (Å²) in [6.07, 6.45) is 6.25. The summed E-state index contributed by atoms with van der Waals surface area (Å²) < 4.78 is 0. The summed E-state index contributed by atoms with van der Waals surface area (Å²) in [5.41, 5.74) is 3.37. The number of carbonyl (C=O) groups excluding carboxylic acids is 1. The molecule has 25 heavy (non-hydrogen) atoms. The lowest BCUT2D eigenvalue weighted by Gasteiger charge is -2.32. The zero-order valence-electron chi connectivity index (χ0n) is 15.5. The first kappa shape index (κ1) is 18.1. The number of amides is 1. The number of carbonyl (C=O) groups is 1. The fourth-order valence-corrected chi connectivity index (χ4v) is 4.57. The molecule has 134 valence electrons. The van der Waals surface area contributed by atoms with Crippen molar-refractivity contribution in [2.45, 2.75) is 71.4 Å². The molecule has 1 fully saturated rings. The zero-order chi connectivity index (χ0) is 17.8. The number of aromatic nitrogens is 1. The number of thiazole rings is 1. The number of nitrogens with zero attached hydrogens (tertiary/aromatic N) is 2. The van der Waals surface area contributed by atoms with Gasteiger partial charge in [-0.25, -0.2) is 4.98 Å². The lowest BCUT2D eigenvalue weighted by Crippen LogP contribution is -2.44. The first-order chi connectivity index (χ1) is 12.1. The van der Waals surface area contributed by atoms with Gasteiger partial charge in [0.25, 0.3) is 0 Å². The molecule has 3 nitrogen and oxygen atoms in total. The molecule has 1 aliphatic carbocycles. The van der Waals surface area contributed by atoms with E-state index in [0.29, 0.717) is 12.5 Å². The monoisotopic (exact) mass is 356 g/mol. The molecule has 0 bridgehead atoms. The lowest BCUT2D eigenvalue weighted by molar-refractivity contribution is -0.134. The van der Waals surface area contributed by atoms with Gasteiger partial charge >= 0.3 is 0 Å². The van der Waals surface area contributed by atoms with Crippen molar-refractivity contribution in [2.75, 3.05) is 0 Å². The van der Waals surface area contributed by atoms with Crippen molar-refractivity contribution in [2.24, 2.45) is 0 Å². The first-order valence-electron chi connectivity index (χ1n) is 9.43. The third-order valence-electron chi connectivity index (χ3n) is 5.06. The maximum absolute atomic E-state index is 12.9. The van der Waals surface area contributed by atoms with Gasteiger partial charge < -0.3 is 4.90 Å². The van der Waals surface area contributed by atoms with Crippen molar-refractivity contribution in [1.29, 1.82) is 0 Å². The molecule has 0 unspecified atom stereocenters.